The summed E-state index contributed by atoms with van der Waals surface area (Å²) in [6.45, 7) is 5.87. The van der Waals surface area contributed by atoms with Crippen LogP contribution in [-0.4, -0.2) is 30.1 Å². The Morgan fingerprint density at radius 1 is 0.967 bits per heavy atom. The van der Waals surface area contributed by atoms with E-state index in [2.05, 4.69) is 31.9 Å². The highest BCUT2D eigenvalue weighted by Crippen LogP contribution is 2.18. The van der Waals surface area contributed by atoms with E-state index < -0.39 is 11.7 Å². The molecule has 0 aliphatic rings. The molecule has 7 nitrogen and oxygen atoms in total. The zero-order chi connectivity index (χ0) is 22.1. The molecule has 0 bridgehead atoms. The Labute approximate surface area is 184 Å². The zero-order valence-electron chi connectivity index (χ0n) is 17.3. The Morgan fingerprint density at radius 2 is 1.63 bits per heavy atom. The molecule has 0 heterocycles. The summed E-state index contributed by atoms with van der Waals surface area (Å²) in [5, 5.41) is 8.17. The van der Waals surface area contributed by atoms with E-state index in [0.717, 1.165) is 10.0 Å². The Bertz CT molecular complexity index is 892. The fourth-order valence-corrected chi connectivity index (χ4v) is 2.90. The highest BCUT2D eigenvalue weighted by Gasteiger charge is 2.16. The molecule has 3 N–H and O–H groups in total. The average Bonchev–Trinajstić information content (AvgIpc) is 2.66. The predicted octanol–water partition coefficient (Wildman–Crippen LogP) is 4.23. The number of hydrogen-bond acceptors (Lipinski definition) is 4. The number of amides is 3. The summed E-state index contributed by atoms with van der Waals surface area (Å²) < 4.78 is 5.83. The molecule has 0 radical (unpaired) electrons. The molecule has 30 heavy (non-hydrogen) atoms. The maximum atomic E-state index is 12.3. The lowest BCUT2D eigenvalue weighted by Gasteiger charge is -2.19. The van der Waals surface area contributed by atoms with Gasteiger partial charge in [0.1, 0.15) is 5.60 Å². The first-order chi connectivity index (χ1) is 14.1. The molecule has 8 heteroatoms. The van der Waals surface area contributed by atoms with Crippen LogP contribution in [0.4, 0.5) is 10.5 Å². The monoisotopic (exact) mass is 475 g/mol. The fourth-order valence-electron chi connectivity index (χ4n) is 2.43. The van der Waals surface area contributed by atoms with Gasteiger partial charge in [0.25, 0.3) is 5.91 Å². The normalized spacial score (nSPS) is 10.8. The van der Waals surface area contributed by atoms with Crippen LogP contribution in [0.1, 0.15) is 43.1 Å². The first kappa shape index (κ1) is 23.4. The van der Waals surface area contributed by atoms with Crippen molar-refractivity contribution in [1.29, 1.82) is 0 Å². The molecule has 0 saturated heterocycles. The summed E-state index contributed by atoms with van der Waals surface area (Å²) in [5.41, 5.74) is 1.53. The Hall–Kier alpha value is -2.87. The predicted molar refractivity (Wildman–Crippen MR) is 119 cm³/mol. The first-order valence-electron chi connectivity index (χ1n) is 9.52. The molecule has 0 saturated carbocycles. The van der Waals surface area contributed by atoms with Crippen LogP contribution >= 0.6 is 15.9 Å². The quantitative estimate of drug-likeness (QED) is 0.557. The molecule has 160 valence electrons. The van der Waals surface area contributed by atoms with Gasteiger partial charge in [-0.3, -0.25) is 9.59 Å². The summed E-state index contributed by atoms with van der Waals surface area (Å²) in [7, 11) is 0. The third kappa shape index (κ3) is 8.24. The van der Waals surface area contributed by atoms with Crippen molar-refractivity contribution in [2.45, 2.75) is 39.3 Å². The van der Waals surface area contributed by atoms with Crippen LogP contribution in [0, 0.1) is 0 Å². The van der Waals surface area contributed by atoms with Crippen molar-refractivity contribution in [2.75, 3.05) is 11.9 Å². The van der Waals surface area contributed by atoms with Gasteiger partial charge in [-0.1, -0.05) is 24.3 Å². The van der Waals surface area contributed by atoms with Crippen LogP contribution in [-0.2, 0) is 16.1 Å². The van der Waals surface area contributed by atoms with Gasteiger partial charge in [0.2, 0.25) is 5.91 Å². The molecule has 0 aliphatic carbocycles. The average molecular weight is 476 g/mol. The standard InChI is InChI=1S/C22H26BrN3O4/c1-22(2,3)30-21(29)24-13-12-19(27)25-14-15-8-10-16(11-9-15)26-20(28)17-6-4-5-7-18(17)23/h4-11H,12-14H2,1-3H3,(H,24,29)(H,25,27)(H,26,28). The number of carbonyl (C=O) groups excluding carboxylic acids is 3. The summed E-state index contributed by atoms with van der Waals surface area (Å²) in [6.07, 6.45) is -0.394. The van der Waals surface area contributed by atoms with Gasteiger partial charge in [-0.15, -0.1) is 0 Å². The molecule has 2 aromatic rings. The lowest BCUT2D eigenvalue weighted by Crippen LogP contribution is -2.35. The van der Waals surface area contributed by atoms with E-state index in [4.69, 9.17) is 4.74 Å². The molecule has 3 amide bonds. The highest BCUT2D eigenvalue weighted by atomic mass is 79.9. The minimum absolute atomic E-state index is 0.152. The maximum Gasteiger partial charge on any atom is 0.407 e. The molecule has 0 atom stereocenters. The van der Waals surface area contributed by atoms with Gasteiger partial charge in [0.05, 0.1) is 5.56 Å². The van der Waals surface area contributed by atoms with Crippen molar-refractivity contribution in [1.82, 2.24) is 10.6 Å². The lowest BCUT2D eigenvalue weighted by atomic mass is 10.2. The number of ether oxygens (including phenoxy) is 1. The van der Waals surface area contributed by atoms with E-state index in [1.54, 1.807) is 45.0 Å². The summed E-state index contributed by atoms with van der Waals surface area (Å²) in [4.78, 5) is 35.8. The van der Waals surface area contributed by atoms with Crippen molar-refractivity contribution in [3.05, 3.63) is 64.1 Å². The van der Waals surface area contributed by atoms with Crippen LogP contribution in [0.2, 0.25) is 0 Å². The molecular formula is C22H26BrN3O4. The van der Waals surface area contributed by atoms with E-state index in [9.17, 15) is 14.4 Å². The van der Waals surface area contributed by atoms with Crippen LogP contribution in [0.25, 0.3) is 0 Å². The van der Waals surface area contributed by atoms with Gasteiger partial charge in [0.15, 0.2) is 0 Å². The number of carbonyl (C=O) groups is 3. The molecule has 2 rings (SSSR count). The number of nitrogens with one attached hydrogen (secondary N) is 3. The minimum Gasteiger partial charge on any atom is -0.444 e. The SMILES string of the molecule is CC(C)(C)OC(=O)NCCC(=O)NCc1ccc(NC(=O)c2ccccc2Br)cc1. The van der Waals surface area contributed by atoms with E-state index in [-0.39, 0.29) is 24.8 Å². The number of hydrogen-bond donors (Lipinski definition) is 3. The number of rotatable bonds is 7. The third-order valence-corrected chi connectivity index (χ3v) is 4.53. The van der Waals surface area contributed by atoms with Gasteiger partial charge >= 0.3 is 6.09 Å². The smallest absolute Gasteiger partial charge is 0.407 e. The maximum absolute atomic E-state index is 12.3. The van der Waals surface area contributed by atoms with E-state index in [0.29, 0.717) is 17.8 Å². The highest BCUT2D eigenvalue weighted by molar-refractivity contribution is 9.10. The topological polar surface area (TPSA) is 96.5 Å². The zero-order valence-corrected chi connectivity index (χ0v) is 18.8. The van der Waals surface area contributed by atoms with Gasteiger partial charge in [0, 0.05) is 29.7 Å². The second-order valence-electron chi connectivity index (χ2n) is 7.59. The number of alkyl carbamates (subject to hydrolysis) is 1. The van der Waals surface area contributed by atoms with E-state index in [1.165, 1.54) is 0 Å². The Balaban J connectivity index is 1.74. The molecule has 2 aromatic carbocycles. The van der Waals surface area contributed by atoms with E-state index in [1.807, 2.05) is 24.3 Å². The summed E-state index contributed by atoms with van der Waals surface area (Å²) in [5.74, 6) is -0.390. The Kier molecular flexibility index (Phi) is 8.41. The van der Waals surface area contributed by atoms with Crippen LogP contribution in [0.15, 0.2) is 53.0 Å². The van der Waals surface area contributed by atoms with Crippen molar-refractivity contribution in [3.63, 3.8) is 0 Å². The van der Waals surface area contributed by atoms with Gasteiger partial charge < -0.3 is 20.7 Å². The van der Waals surface area contributed by atoms with Gasteiger partial charge in [-0.05, 0) is 66.5 Å². The molecule has 0 aliphatic heterocycles. The fraction of sp³-hybridized carbons (Fsp3) is 0.318. The van der Waals surface area contributed by atoms with Crippen molar-refractivity contribution in [2.24, 2.45) is 0 Å². The molecule has 0 unspecified atom stereocenters. The molecule has 0 aromatic heterocycles. The van der Waals surface area contributed by atoms with Gasteiger partial charge in [-0.25, -0.2) is 4.79 Å². The van der Waals surface area contributed by atoms with Gasteiger partial charge in [-0.2, -0.15) is 0 Å². The second kappa shape index (κ2) is 10.8. The number of benzene rings is 2. The van der Waals surface area contributed by atoms with Crippen LogP contribution in [0.3, 0.4) is 0 Å². The third-order valence-electron chi connectivity index (χ3n) is 3.84. The lowest BCUT2D eigenvalue weighted by molar-refractivity contribution is -0.121. The van der Waals surface area contributed by atoms with E-state index >= 15 is 0 Å². The number of anilines is 1. The van der Waals surface area contributed by atoms with Crippen molar-refractivity contribution in [3.8, 4) is 0 Å². The van der Waals surface area contributed by atoms with Crippen LogP contribution < -0.4 is 16.0 Å². The Morgan fingerprint density at radius 3 is 2.27 bits per heavy atom. The summed E-state index contributed by atoms with van der Waals surface area (Å²) in [6, 6.07) is 14.4. The molecule has 0 spiro atoms. The van der Waals surface area contributed by atoms with Crippen molar-refractivity contribution >= 4 is 39.5 Å². The second-order valence-corrected chi connectivity index (χ2v) is 8.44. The molecule has 0 fully saturated rings. The molecular weight excluding hydrogens is 450 g/mol. The van der Waals surface area contributed by atoms with Crippen molar-refractivity contribution < 1.29 is 19.1 Å². The number of halogens is 1. The summed E-state index contributed by atoms with van der Waals surface area (Å²) >= 11 is 3.36. The van der Waals surface area contributed by atoms with Crippen LogP contribution in [0.5, 0.6) is 0 Å². The first-order valence-corrected chi connectivity index (χ1v) is 10.3. The minimum atomic E-state index is -0.574. The largest absolute Gasteiger partial charge is 0.444 e.